The highest BCUT2D eigenvalue weighted by atomic mass is 16.2. The number of carbonyl (C=O) groups is 1. The molecule has 1 amide bonds. The topological polar surface area (TPSA) is 58.1 Å². The lowest BCUT2D eigenvalue weighted by atomic mass is 9.84. The molecule has 0 unspecified atom stereocenters. The van der Waals surface area contributed by atoms with Crippen LogP contribution in [0.4, 0.5) is 11.5 Å². The van der Waals surface area contributed by atoms with E-state index >= 15 is 0 Å². The molecule has 2 aliphatic rings. The van der Waals surface area contributed by atoms with Gasteiger partial charge in [0, 0.05) is 17.3 Å². The molecule has 1 fully saturated rings. The van der Waals surface area contributed by atoms with Gasteiger partial charge < -0.3 is 10.2 Å². The fourth-order valence-electron chi connectivity index (χ4n) is 4.06. The van der Waals surface area contributed by atoms with Gasteiger partial charge in [-0.3, -0.25) is 4.79 Å². The Morgan fingerprint density at radius 1 is 1.08 bits per heavy atom. The smallest absolute Gasteiger partial charge is 0.273 e. The molecule has 1 saturated carbocycles. The highest BCUT2D eigenvalue weighted by Gasteiger charge is 2.33. The highest BCUT2D eigenvalue weighted by Crippen LogP contribution is 2.34. The number of fused-ring (bicyclic) bond motifs is 1. The molecule has 1 aliphatic heterocycles. The van der Waals surface area contributed by atoms with Crippen LogP contribution in [0, 0.1) is 0 Å². The van der Waals surface area contributed by atoms with Crippen LogP contribution in [0.1, 0.15) is 73.5 Å². The molecule has 0 atom stereocenters. The van der Waals surface area contributed by atoms with E-state index in [0.29, 0.717) is 18.2 Å². The maximum Gasteiger partial charge on any atom is 0.273 e. The Balaban J connectivity index is 1.53. The van der Waals surface area contributed by atoms with Crippen molar-refractivity contribution < 1.29 is 4.79 Å². The summed E-state index contributed by atoms with van der Waals surface area (Å²) in [6, 6.07) is 8.85. The molecule has 136 valence electrons. The van der Waals surface area contributed by atoms with Crippen molar-refractivity contribution in [3.63, 3.8) is 0 Å². The number of rotatable bonds is 4. The monoisotopic (exact) mass is 350 g/mol. The van der Waals surface area contributed by atoms with Crippen LogP contribution in [0.15, 0.2) is 30.6 Å². The third-order valence-electron chi connectivity index (χ3n) is 5.61. The van der Waals surface area contributed by atoms with Crippen LogP contribution in [-0.2, 0) is 6.54 Å². The number of aromatic nitrogens is 2. The van der Waals surface area contributed by atoms with E-state index in [0.717, 1.165) is 17.1 Å². The van der Waals surface area contributed by atoms with Crippen molar-refractivity contribution in [1.82, 2.24) is 14.9 Å². The van der Waals surface area contributed by atoms with Crippen molar-refractivity contribution in [1.29, 1.82) is 0 Å². The molecule has 2 heterocycles. The molecule has 4 rings (SSSR count). The van der Waals surface area contributed by atoms with E-state index in [-0.39, 0.29) is 11.9 Å². The van der Waals surface area contributed by atoms with Gasteiger partial charge in [0.1, 0.15) is 17.8 Å². The number of carbonyl (C=O) groups excluding carboxylic acids is 1. The number of anilines is 2. The molecule has 0 spiro atoms. The quantitative estimate of drug-likeness (QED) is 0.873. The lowest BCUT2D eigenvalue weighted by Crippen LogP contribution is -2.31. The maximum absolute atomic E-state index is 12.5. The lowest BCUT2D eigenvalue weighted by Gasteiger charge is -2.22. The Morgan fingerprint density at radius 3 is 2.50 bits per heavy atom. The second kappa shape index (κ2) is 7.06. The first kappa shape index (κ1) is 17.0. The van der Waals surface area contributed by atoms with Gasteiger partial charge in [0.2, 0.25) is 0 Å². The predicted molar refractivity (Wildman–Crippen MR) is 103 cm³/mol. The number of benzene rings is 1. The van der Waals surface area contributed by atoms with Gasteiger partial charge in [-0.2, -0.15) is 0 Å². The summed E-state index contributed by atoms with van der Waals surface area (Å²) in [4.78, 5) is 22.9. The van der Waals surface area contributed by atoms with Crippen LogP contribution >= 0.6 is 0 Å². The van der Waals surface area contributed by atoms with E-state index in [1.165, 1.54) is 44.0 Å². The Morgan fingerprint density at radius 2 is 1.81 bits per heavy atom. The molecule has 26 heavy (non-hydrogen) atoms. The van der Waals surface area contributed by atoms with E-state index in [9.17, 15) is 4.79 Å². The molecular formula is C21H26N4O. The molecule has 5 heteroatoms. The SMILES string of the molecule is CC(C)N1Cc2c(Nc3ccc(C4CCCCC4)cc3)ncnc2C1=O. The van der Waals surface area contributed by atoms with Crippen molar-refractivity contribution in [2.24, 2.45) is 0 Å². The molecule has 2 aromatic rings. The first-order valence-corrected chi connectivity index (χ1v) is 9.65. The summed E-state index contributed by atoms with van der Waals surface area (Å²) in [6.07, 6.45) is 8.15. The van der Waals surface area contributed by atoms with Crippen molar-refractivity contribution >= 4 is 17.4 Å². The molecule has 1 aromatic heterocycles. The van der Waals surface area contributed by atoms with Crippen LogP contribution in [0.3, 0.4) is 0 Å². The first-order valence-electron chi connectivity index (χ1n) is 9.65. The summed E-state index contributed by atoms with van der Waals surface area (Å²) < 4.78 is 0. The molecule has 0 bridgehead atoms. The van der Waals surface area contributed by atoms with Crippen molar-refractivity contribution in [3.8, 4) is 0 Å². The fraction of sp³-hybridized carbons (Fsp3) is 0.476. The van der Waals surface area contributed by atoms with Crippen LogP contribution in [0.5, 0.6) is 0 Å². The molecule has 0 radical (unpaired) electrons. The normalized spacial score (nSPS) is 17.7. The van der Waals surface area contributed by atoms with E-state index in [4.69, 9.17) is 0 Å². The van der Waals surface area contributed by atoms with Crippen LogP contribution in [0.25, 0.3) is 0 Å². The number of hydrogen-bond donors (Lipinski definition) is 1. The second-order valence-electron chi connectivity index (χ2n) is 7.66. The van der Waals surface area contributed by atoms with Crippen molar-refractivity contribution in [3.05, 3.63) is 47.4 Å². The Labute approximate surface area is 154 Å². The standard InChI is InChI=1S/C21H26N4O/c1-14(2)25-12-18-19(21(25)26)22-13-23-20(18)24-17-10-8-16(9-11-17)15-6-4-3-5-7-15/h8-11,13-15H,3-7,12H2,1-2H3,(H,22,23,24). The van der Waals surface area contributed by atoms with Gasteiger partial charge in [0.25, 0.3) is 5.91 Å². The average molecular weight is 350 g/mol. The maximum atomic E-state index is 12.5. The van der Waals surface area contributed by atoms with Crippen LogP contribution in [0.2, 0.25) is 0 Å². The second-order valence-corrected chi connectivity index (χ2v) is 7.66. The highest BCUT2D eigenvalue weighted by molar-refractivity contribution is 5.98. The molecule has 1 aliphatic carbocycles. The predicted octanol–water partition coefficient (Wildman–Crippen LogP) is 4.63. The molecular weight excluding hydrogens is 324 g/mol. The van der Waals surface area contributed by atoms with Gasteiger partial charge in [0.15, 0.2) is 0 Å². The summed E-state index contributed by atoms with van der Waals surface area (Å²) in [5, 5.41) is 3.38. The van der Waals surface area contributed by atoms with Gasteiger partial charge in [-0.05, 0) is 50.3 Å². The number of nitrogens with one attached hydrogen (secondary N) is 1. The summed E-state index contributed by atoms with van der Waals surface area (Å²) in [7, 11) is 0. The van der Waals surface area contributed by atoms with Crippen molar-refractivity contribution in [2.45, 2.75) is 64.5 Å². The Hall–Kier alpha value is -2.43. The minimum Gasteiger partial charge on any atom is -0.340 e. The molecule has 5 nitrogen and oxygen atoms in total. The average Bonchev–Trinajstić information content (AvgIpc) is 3.01. The minimum absolute atomic E-state index is 0.00639. The largest absolute Gasteiger partial charge is 0.340 e. The van der Waals surface area contributed by atoms with Gasteiger partial charge in [-0.25, -0.2) is 9.97 Å². The first-order chi connectivity index (χ1) is 12.6. The fourth-order valence-corrected chi connectivity index (χ4v) is 4.06. The Bertz CT molecular complexity index is 794. The summed E-state index contributed by atoms with van der Waals surface area (Å²) in [5.41, 5.74) is 3.85. The van der Waals surface area contributed by atoms with Gasteiger partial charge in [-0.1, -0.05) is 31.4 Å². The molecule has 0 saturated heterocycles. The van der Waals surface area contributed by atoms with Crippen molar-refractivity contribution in [2.75, 3.05) is 5.32 Å². The van der Waals surface area contributed by atoms with Gasteiger partial charge in [0.05, 0.1) is 6.54 Å². The van der Waals surface area contributed by atoms with Gasteiger partial charge in [-0.15, -0.1) is 0 Å². The summed E-state index contributed by atoms with van der Waals surface area (Å²) >= 11 is 0. The number of amides is 1. The minimum atomic E-state index is -0.00639. The lowest BCUT2D eigenvalue weighted by molar-refractivity contribution is 0.0726. The summed E-state index contributed by atoms with van der Waals surface area (Å²) in [5.74, 6) is 1.43. The third kappa shape index (κ3) is 3.18. The molecule has 1 aromatic carbocycles. The third-order valence-corrected chi connectivity index (χ3v) is 5.61. The van der Waals surface area contributed by atoms with Gasteiger partial charge >= 0.3 is 0 Å². The van der Waals surface area contributed by atoms with Crippen LogP contribution in [-0.4, -0.2) is 26.8 Å². The summed E-state index contributed by atoms with van der Waals surface area (Å²) in [6.45, 7) is 4.61. The van der Waals surface area contributed by atoms with E-state index in [1.807, 2.05) is 18.7 Å². The van der Waals surface area contributed by atoms with E-state index < -0.39 is 0 Å². The zero-order chi connectivity index (χ0) is 18.1. The Kier molecular flexibility index (Phi) is 4.62. The van der Waals surface area contributed by atoms with E-state index in [2.05, 4.69) is 39.6 Å². The number of hydrogen-bond acceptors (Lipinski definition) is 4. The zero-order valence-corrected chi connectivity index (χ0v) is 15.5. The zero-order valence-electron chi connectivity index (χ0n) is 15.5. The van der Waals surface area contributed by atoms with E-state index in [1.54, 1.807) is 0 Å². The van der Waals surface area contributed by atoms with Crippen LogP contribution < -0.4 is 5.32 Å². The number of nitrogens with zero attached hydrogens (tertiary/aromatic N) is 3. The molecule has 1 N–H and O–H groups in total.